The first-order chi connectivity index (χ1) is 16.7. The minimum atomic E-state index is 0.101. The van der Waals surface area contributed by atoms with E-state index in [-0.39, 0.29) is 5.91 Å². The van der Waals surface area contributed by atoms with Gasteiger partial charge in [-0.1, -0.05) is 28.6 Å². The Kier molecular flexibility index (Phi) is 6.30. The van der Waals surface area contributed by atoms with E-state index in [0.29, 0.717) is 56.5 Å². The second-order valence-electron chi connectivity index (χ2n) is 7.79. The molecule has 0 unspecified atom stereocenters. The Labute approximate surface area is 195 Å². The van der Waals surface area contributed by atoms with E-state index in [1.54, 1.807) is 17.9 Å². The van der Waals surface area contributed by atoms with Gasteiger partial charge in [-0.25, -0.2) is 4.68 Å². The fourth-order valence-corrected chi connectivity index (χ4v) is 3.83. The quantitative estimate of drug-likeness (QED) is 0.414. The van der Waals surface area contributed by atoms with E-state index in [2.05, 4.69) is 20.5 Å². The largest absolute Gasteiger partial charge is 0.496 e. The van der Waals surface area contributed by atoms with E-state index in [0.717, 1.165) is 22.4 Å². The first-order valence-corrected chi connectivity index (χ1v) is 11.1. The fraction of sp³-hybridized carbons (Fsp3) is 0.292. The Balaban J connectivity index is 1.27. The molecule has 1 aliphatic rings. The third-order valence-electron chi connectivity index (χ3n) is 5.66. The van der Waals surface area contributed by atoms with Crippen LogP contribution in [0.15, 0.2) is 47.0 Å². The molecule has 2 aromatic heterocycles. The second-order valence-corrected chi connectivity index (χ2v) is 7.79. The van der Waals surface area contributed by atoms with Gasteiger partial charge in [0.05, 0.1) is 32.4 Å². The van der Waals surface area contributed by atoms with Crippen molar-refractivity contribution in [3.8, 4) is 17.1 Å². The average Bonchev–Trinajstić information content (AvgIpc) is 3.53. The normalized spacial score (nSPS) is 14.2. The summed E-state index contributed by atoms with van der Waals surface area (Å²) >= 11 is 0. The number of morpholine rings is 1. The number of hydrogen-bond donors (Lipinski definition) is 0. The number of methoxy groups -OCH3 is 1. The van der Waals surface area contributed by atoms with E-state index in [9.17, 15) is 4.79 Å². The van der Waals surface area contributed by atoms with Crippen LogP contribution < -0.4 is 4.74 Å². The van der Waals surface area contributed by atoms with Crippen molar-refractivity contribution in [2.24, 2.45) is 0 Å². The molecule has 0 saturated carbocycles. The van der Waals surface area contributed by atoms with Crippen LogP contribution in [0.3, 0.4) is 0 Å². The Morgan fingerprint density at radius 2 is 2.00 bits per heavy atom. The van der Waals surface area contributed by atoms with Gasteiger partial charge in [0.25, 0.3) is 5.89 Å². The predicted octanol–water partition coefficient (Wildman–Crippen LogP) is 2.91. The van der Waals surface area contributed by atoms with Crippen LogP contribution in [0.25, 0.3) is 34.6 Å². The number of rotatable bonds is 7. The highest BCUT2D eigenvalue weighted by Crippen LogP contribution is 2.23. The summed E-state index contributed by atoms with van der Waals surface area (Å²) in [6, 6.07) is 13.3. The fourth-order valence-electron chi connectivity index (χ4n) is 3.83. The Bertz CT molecular complexity index is 1320. The summed E-state index contributed by atoms with van der Waals surface area (Å²) in [5, 5.41) is 12.5. The number of para-hydroxylation sites is 1. The SMILES string of the molecule is COc1ccccc1C=Cc1nc(-c2ccc3c(c2)nnn3CCC(=O)N2CCOCC2)no1. The van der Waals surface area contributed by atoms with Crippen molar-refractivity contribution < 1.29 is 18.8 Å². The van der Waals surface area contributed by atoms with Crippen LogP contribution in [-0.2, 0) is 16.1 Å². The Hall–Kier alpha value is -4.05. The van der Waals surface area contributed by atoms with Crippen molar-refractivity contribution in [1.82, 2.24) is 30.0 Å². The van der Waals surface area contributed by atoms with E-state index < -0.39 is 0 Å². The minimum Gasteiger partial charge on any atom is -0.496 e. The predicted molar refractivity (Wildman–Crippen MR) is 125 cm³/mol. The second kappa shape index (κ2) is 9.84. The highest BCUT2D eigenvalue weighted by Gasteiger charge is 2.17. The number of benzene rings is 2. The molecule has 10 heteroatoms. The van der Waals surface area contributed by atoms with E-state index in [4.69, 9.17) is 14.0 Å². The first-order valence-electron chi connectivity index (χ1n) is 11.1. The van der Waals surface area contributed by atoms with Crippen LogP contribution in [0.5, 0.6) is 5.75 Å². The van der Waals surface area contributed by atoms with Crippen molar-refractivity contribution in [2.45, 2.75) is 13.0 Å². The number of carbonyl (C=O) groups excluding carboxylic acids is 1. The van der Waals surface area contributed by atoms with E-state index in [1.165, 1.54) is 0 Å². The van der Waals surface area contributed by atoms with Gasteiger partial charge in [-0.05, 0) is 30.3 Å². The topological polar surface area (TPSA) is 108 Å². The highest BCUT2D eigenvalue weighted by molar-refractivity contribution is 5.80. The van der Waals surface area contributed by atoms with Crippen LogP contribution in [-0.4, -0.2) is 69.4 Å². The van der Waals surface area contributed by atoms with Gasteiger partial charge in [0, 0.05) is 36.7 Å². The van der Waals surface area contributed by atoms with Gasteiger partial charge in [0.1, 0.15) is 11.3 Å². The molecule has 1 amide bonds. The molecule has 5 rings (SSSR count). The molecule has 2 aromatic carbocycles. The third kappa shape index (κ3) is 4.67. The van der Waals surface area contributed by atoms with Crippen molar-refractivity contribution in [2.75, 3.05) is 33.4 Å². The smallest absolute Gasteiger partial charge is 0.250 e. The van der Waals surface area contributed by atoms with Crippen LogP contribution >= 0.6 is 0 Å². The van der Waals surface area contributed by atoms with Crippen molar-refractivity contribution in [3.05, 3.63) is 53.9 Å². The molecule has 1 saturated heterocycles. The number of carbonyl (C=O) groups is 1. The molecule has 174 valence electrons. The third-order valence-corrected chi connectivity index (χ3v) is 5.66. The lowest BCUT2D eigenvalue weighted by Crippen LogP contribution is -2.41. The summed E-state index contributed by atoms with van der Waals surface area (Å²) in [5.41, 5.74) is 3.23. The van der Waals surface area contributed by atoms with Crippen LogP contribution in [0.4, 0.5) is 0 Å². The zero-order valence-corrected chi connectivity index (χ0v) is 18.8. The number of ether oxygens (including phenoxy) is 2. The van der Waals surface area contributed by atoms with E-state index in [1.807, 2.05) is 53.4 Å². The zero-order chi connectivity index (χ0) is 23.3. The molecule has 1 fully saturated rings. The molecule has 0 N–H and O–H groups in total. The van der Waals surface area contributed by atoms with Gasteiger partial charge in [-0.2, -0.15) is 4.98 Å². The number of aromatic nitrogens is 5. The molecule has 10 nitrogen and oxygen atoms in total. The summed E-state index contributed by atoms with van der Waals surface area (Å²) in [6.45, 7) is 2.93. The maximum Gasteiger partial charge on any atom is 0.250 e. The van der Waals surface area contributed by atoms with E-state index >= 15 is 0 Å². The lowest BCUT2D eigenvalue weighted by molar-refractivity contribution is -0.135. The molecule has 34 heavy (non-hydrogen) atoms. The molecular formula is C24H24N6O4. The summed E-state index contributed by atoms with van der Waals surface area (Å²) in [6.07, 6.45) is 3.98. The van der Waals surface area contributed by atoms with Crippen LogP contribution in [0.1, 0.15) is 17.9 Å². The van der Waals surface area contributed by atoms with Crippen molar-refractivity contribution in [1.29, 1.82) is 0 Å². The number of nitrogens with zero attached hydrogens (tertiary/aromatic N) is 6. The van der Waals surface area contributed by atoms with Gasteiger partial charge in [0.2, 0.25) is 11.7 Å². The minimum absolute atomic E-state index is 0.101. The molecule has 4 aromatic rings. The average molecular weight is 460 g/mol. The monoisotopic (exact) mass is 460 g/mol. The standard InChI is InChI=1S/C24H24N6O4/c1-32-21-5-3-2-4-17(21)7-9-22-25-24(27-34-22)18-6-8-20-19(16-18)26-28-30(20)11-10-23(31)29-12-14-33-15-13-29/h2-9,16H,10-15H2,1H3. The zero-order valence-electron chi connectivity index (χ0n) is 18.8. The Morgan fingerprint density at radius 3 is 2.85 bits per heavy atom. The number of fused-ring (bicyclic) bond motifs is 1. The Morgan fingerprint density at radius 1 is 1.15 bits per heavy atom. The lowest BCUT2D eigenvalue weighted by atomic mass is 10.2. The summed E-state index contributed by atoms with van der Waals surface area (Å²) in [4.78, 5) is 18.7. The first kappa shape index (κ1) is 21.8. The number of hydrogen-bond acceptors (Lipinski definition) is 8. The van der Waals surface area contributed by atoms with Gasteiger partial charge in [-0.3, -0.25) is 4.79 Å². The summed E-state index contributed by atoms with van der Waals surface area (Å²) in [5.74, 6) is 1.70. The maximum absolute atomic E-state index is 12.4. The molecule has 0 bridgehead atoms. The molecule has 3 heterocycles. The molecule has 0 spiro atoms. The van der Waals surface area contributed by atoms with Crippen LogP contribution in [0, 0.1) is 0 Å². The van der Waals surface area contributed by atoms with Crippen molar-refractivity contribution >= 4 is 29.1 Å². The molecule has 0 atom stereocenters. The summed E-state index contributed by atoms with van der Waals surface area (Å²) < 4.78 is 17.8. The lowest BCUT2D eigenvalue weighted by Gasteiger charge is -2.26. The molecular weight excluding hydrogens is 436 g/mol. The van der Waals surface area contributed by atoms with Crippen LogP contribution in [0.2, 0.25) is 0 Å². The van der Waals surface area contributed by atoms with Crippen molar-refractivity contribution in [3.63, 3.8) is 0 Å². The maximum atomic E-state index is 12.4. The number of aryl methyl sites for hydroxylation is 1. The summed E-state index contributed by atoms with van der Waals surface area (Å²) in [7, 11) is 1.63. The van der Waals surface area contributed by atoms with Gasteiger partial charge < -0.3 is 18.9 Å². The molecule has 1 aliphatic heterocycles. The van der Waals surface area contributed by atoms with Gasteiger partial charge in [0.15, 0.2) is 0 Å². The highest BCUT2D eigenvalue weighted by atomic mass is 16.5. The number of amides is 1. The molecule has 0 radical (unpaired) electrons. The van der Waals surface area contributed by atoms with Gasteiger partial charge in [-0.15, -0.1) is 5.10 Å². The van der Waals surface area contributed by atoms with Gasteiger partial charge >= 0.3 is 0 Å². The molecule has 0 aliphatic carbocycles.